The van der Waals surface area contributed by atoms with Crippen molar-refractivity contribution in [1.82, 2.24) is 19.7 Å². The Labute approximate surface area is 211 Å². The third-order valence-electron chi connectivity index (χ3n) is 5.91. The molecule has 3 heterocycles. The molecular formula is C24H26F3N7O3. The number of nitrogens with zero attached hydrogens (tertiary/aromatic N) is 5. The molecule has 0 saturated carbocycles. The van der Waals surface area contributed by atoms with Gasteiger partial charge in [-0.1, -0.05) is 12.6 Å². The Bertz CT molecular complexity index is 1340. The monoisotopic (exact) mass is 517 g/mol. The van der Waals surface area contributed by atoms with Crippen LogP contribution in [0.5, 0.6) is 5.75 Å². The Morgan fingerprint density at radius 2 is 2.00 bits per heavy atom. The first kappa shape index (κ1) is 25.8. The number of aromatic nitrogens is 4. The van der Waals surface area contributed by atoms with Crippen LogP contribution in [-0.2, 0) is 28.8 Å². The van der Waals surface area contributed by atoms with Crippen LogP contribution in [0.1, 0.15) is 22.4 Å². The van der Waals surface area contributed by atoms with E-state index in [-0.39, 0.29) is 24.0 Å². The van der Waals surface area contributed by atoms with Crippen LogP contribution in [0.25, 0.3) is 0 Å². The maximum Gasteiger partial charge on any atom is 0.419 e. The molecule has 0 spiro atoms. The number of methoxy groups -OCH3 is 2. The van der Waals surface area contributed by atoms with Crippen molar-refractivity contribution in [2.45, 2.75) is 32.2 Å². The fourth-order valence-corrected chi connectivity index (χ4v) is 4.03. The number of fused-ring (bicyclic) bond motifs is 1. The van der Waals surface area contributed by atoms with E-state index in [0.717, 1.165) is 11.6 Å². The van der Waals surface area contributed by atoms with E-state index < -0.39 is 17.8 Å². The van der Waals surface area contributed by atoms with Crippen LogP contribution >= 0.6 is 0 Å². The molecule has 0 bridgehead atoms. The zero-order chi connectivity index (χ0) is 26.9. The molecule has 0 aliphatic carbocycles. The van der Waals surface area contributed by atoms with Crippen LogP contribution in [0.3, 0.4) is 0 Å². The fraction of sp³-hybridized carbons (Fsp3) is 0.333. The first-order valence-corrected chi connectivity index (χ1v) is 11.2. The van der Waals surface area contributed by atoms with Gasteiger partial charge in [0.2, 0.25) is 5.95 Å². The van der Waals surface area contributed by atoms with E-state index in [0.29, 0.717) is 35.3 Å². The second-order valence-corrected chi connectivity index (χ2v) is 8.44. The molecule has 0 saturated heterocycles. The van der Waals surface area contributed by atoms with Gasteiger partial charge in [-0.05, 0) is 24.6 Å². The van der Waals surface area contributed by atoms with Gasteiger partial charge in [-0.15, -0.1) is 0 Å². The van der Waals surface area contributed by atoms with Gasteiger partial charge < -0.3 is 25.0 Å². The van der Waals surface area contributed by atoms with Gasteiger partial charge in [0.05, 0.1) is 38.2 Å². The Hall–Kier alpha value is -4.29. The Morgan fingerprint density at radius 1 is 1.24 bits per heavy atom. The van der Waals surface area contributed by atoms with E-state index in [1.165, 1.54) is 20.3 Å². The van der Waals surface area contributed by atoms with Crippen molar-refractivity contribution in [3.05, 3.63) is 65.3 Å². The highest BCUT2D eigenvalue weighted by atomic mass is 19.4. The molecule has 3 aromatic rings. The minimum absolute atomic E-state index is 0.150. The second-order valence-electron chi connectivity index (χ2n) is 8.44. The molecule has 2 N–H and O–H groups in total. The minimum atomic E-state index is -4.53. The molecule has 0 radical (unpaired) electrons. The van der Waals surface area contributed by atoms with Gasteiger partial charge in [0.25, 0.3) is 5.91 Å². The van der Waals surface area contributed by atoms with Gasteiger partial charge >= 0.3 is 6.18 Å². The number of anilines is 3. The standard InChI is InChI=1S/C24H26F3N7O3/c1-13-19-21(33(3)20(14(2)36-4)22(35)31-19)32-23(30-13)28-9-16-10-29-34(12-16)11-15-6-7-18(37-5)17(8-15)24(25,26)27/h6-8,10,12,20H,2,9,11H2,1,3-5H3,(H,31,35)(H,28,30,32)/t20-/m0/s1. The summed E-state index contributed by atoms with van der Waals surface area (Å²) in [5.41, 5.74) is 1.45. The summed E-state index contributed by atoms with van der Waals surface area (Å²) in [5.74, 6) is 0.598. The largest absolute Gasteiger partial charge is 0.499 e. The number of carbonyl (C=O) groups is 1. The van der Waals surface area contributed by atoms with E-state index >= 15 is 0 Å². The lowest BCUT2D eigenvalue weighted by atomic mass is 10.1. The number of likely N-dealkylation sites (N-methyl/N-ethyl adjacent to an activating group) is 1. The first-order chi connectivity index (χ1) is 17.5. The second kappa shape index (κ2) is 9.99. The predicted octanol–water partition coefficient (Wildman–Crippen LogP) is 3.59. The number of halogens is 3. The molecule has 4 rings (SSSR count). The topological polar surface area (TPSA) is 106 Å². The summed E-state index contributed by atoms with van der Waals surface area (Å²) in [6, 6.07) is 3.18. The highest BCUT2D eigenvalue weighted by molar-refractivity contribution is 6.04. The van der Waals surface area contributed by atoms with Crippen LogP contribution in [-0.4, -0.2) is 53.0 Å². The number of carbonyl (C=O) groups excluding carboxylic acids is 1. The third-order valence-corrected chi connectivity index (χ3v) is 5.91. The molecule has 37 heavy (non-hydrogen) atoms. The fourth-order valence-electron chi connectivity index (χ4n) is 4.03. The van der Waals surface area contributed by atoms with E-state index in [4.69, 9.17) is 9.47 Å². The van der Waals surface area contributed by atoms with E-state index in [1.54, 1.807) is 42.0 Å². The van der Waals surface area contributed by atoms with E-state index in [2.05, 4.69) is 32.3 Å². The highest BCUT2D eigenvalue weighted by Gasteiger charge is 2.36. The van der Waals surface area contributed by atoms with Crippen molar-refractivity contribution in [1.29, 1.82) is 0 Å². The van der Waals surface area contributed by atoms with Gasteiger partial charge in [-0.2, -0.15) is 23.3 Å². The van der Waals surface area contributed by atoms with Crippen LogP contribution in [0.2, 0.25) is 0 Å². The van der Waals surface area contributed by atoms with Crippen molar-refractivity contribution >= 4 is 23.4 Å². The lowest BCUT2D eigenvalue weighted by Gasteiger charge is -2.34. The number of aryl methyl sites for hydroxylation is 1. The zero-order valence-corrected chi connectivity index (χ0v) is 20.7. The summed E-state index contributed by atoms with van der Waals surface area (Å²) >= 11 is 0. The Balaban J connectivity index is 1.47. The summed E-state index contributed by atoms with van der Waals surface area (Å²) in [7, 11) is 4.37. The quantitative estimate of drug-likeness (QED) is 0.437. The van der Waals surface area contributed by atoms with Crippen molar-refractivity contribution in [3.8, 4) is 5.75 Å². The normalized spacial score (nSPS) is 15.2. The SMILES string of the molecule is C=C(OC)[C@H]1C(=O)Nc2c(C)nc(NCc3cnn(Cc4ccc(OC)c(C(F)(F)F)c4)c3)nc2N1C. The maximum atomic E-state index is 13.3. The van der Waals surface area contributed by atoms with Crippen LogP contribution in [0, 0.1) is 6.92 Å². The molecule has 0 fully saturated rings. The van der Waals surface area contributed by atoms with Crippen LogP contribution in [0.15, 0.2) is 42.9 Å². The van der Waals surface area contributed by atoms with Gasteiger partial charge in [0.1, 0.15) is 17.2 Å². The predicted molar refractivity (Wildman–Crippen MR) is 130 cm³/mol. The molecule has 1 amide bonds. The first-order valence-electron chi connectivity index (χ1n) is 11.2. The average Bonchev–Trinajstić information content (AvgIpc) is 3.30. The Kier molecular flexibility index (Phi) is 6.96. The van der Waals surface area contributed by atoms with E-state index in [9.17, 15) is 18.0 Å². The number of amides is 1. The summed E-state index contributed by atoms with van der Waals surface area (Å²) in [5, 5.41) is 10.2. The minimum Gasteiger partial charge on any atom is -0.499 e. The van der Waals surface area contributed by atoms with Crippen LogP contribution in [0.4, 0.5) is 30.6 Å². The molecule has 0 unspecified atom stereocenters. The molecule has 196 valence electrons. The average molecular weight is 518 g/mol. The molecular weight excluding hydrogens is 491 g/mol. The van der Waals surface area contributed by atoms with Crippen molar-refractivity contribution in [2.24, 2.45) is 0 Å². The molecule has 1 aliphatic rings. The number of ether oxygens (including phenoxy) is 2. The number of rotatable bonds is 8. The summed E-state index contributed by atoms with van der Waals surface area (Å²) in [4.78, 5) is 23.1. The number of hydrogen-bond donors (Lipinski definition) is 2. The lowest BCUT2D eigenvalue weighted by molar-refractivity contribution is -0.138. The number of nitrogens with one attached hydrogen (secondary N) is 2. The zero-order valence-electron chi connectivity index (χ0n) is 20.7. The number of hydrogen-bond acceptors (Lipinski definition) is 8. The Morgan fingerprint density at radius 3 is 2.68 bits per heavy atom. The molecule has 1 aromatic carbocycles. The summed E-state index contributed by atoms with van der Waals surface area (Å²) in [6.07, 6.45) is -1.20. The summed E-state index contributed by atoms with van der Waals surface area (Å²) in [6.45, 7) is 6.02. The lowest BCUT2D eigenvalue weighted by Crippen LogP contribution is -2.48. The maximum absolute atomic E-state index is 13.3. The molecule has 10 nitrogen and oxygen atoms in total. The molecule has 2 aromatic heterocycles. The van der Waals surface area contributed by atoms with Gasteiger partial charge in [0, 0.05) is 25.4 Å². The molecule has 13 heteroatoms. The van der Waals surface area contributed by atoms with Crippen molar-refractivity contribution in [3.63, 3.8) is 0 Å². The van der Waals surface area contributed by atoms with Crippen LogP contribution < -0.4 is 20.3 Å². The highest BCUT2D eigenvalue weighted by Crippen LogP contribution is 2.37. The third kappa shape index (κ3) is 5.29. The number of benzene rings is 1. The van der Waals surface area contributed by atoms with Gasteiger partial charge in [-0.25, -0.2) is 4.98 Å². The molecule has 1 aliphatic heterocycles. The summed E-state index contributed by atoms with van der Waals surface area (Å²) < 4.78 is 51.5. The van der Waals surface area contributed by atoms with Crippen molar-refractivity contribution in [2.75, 3.05) is 36.8 Å². The molecule has 1 atom stereocenters. The number of alkyl halides is 3. The van der Waals surface area contributed by atoms with E-state index in [1.807, 2.05) is 0 Å². The van der Waals surface area contributed by atoms with Gasteiger partial charge in [0.15, 0.2) is 11.9 Å². The van der Waals surface area contributed by atoms with Gasteiger partial charge in [-0.3, -0.25) is 9.48 Å². The smallest absolute Gasteiger partial charge is 0.419 e. The van der Waals surface area contributed by atoms with Crippen molar-refractivity contribution < 1.29 is 27.4 Å².